The Morgan fingerprint density at radius 1 is 1.12 bits per heavy atom. The summed E-state index contributed by atoms with van der Waals surface area (Å²) in [6.07, 6.45) is 0. The zero-order valence-electron chi connectivity index (χ0n) is 10.4. The summed E-state index contributed by atoms with van der Waals surface area (Å²) in [6.45, 7) is 0. The van der Waals surface area contributed by atoms with Gasteiger partial charge in [-0.3, -0.25) is 0 Å². The summed E-state index contributed by atoms with van der Waals surface area (Å²) >= 11 is 9.86. The maximum atomic E-state index is 4.95. The average Bonchev–Trinajstić information content (AvgIpc) is 2.17. The summed E-state index contributed by atoms with van der Waals surface area (Å²) in [7, 11) is 0. The first kappa shape index (κ1) is 13.3. The van der Waals surface area contributed by atoms with Crippen LogP contribution in [-0.2, 0) is 0 Å². The molecule has 0 aliphatic heterocycles. The second-order valence-electron chi connectivity index (χ2n) is 2.84. The number of H-pyrrole nitrogens is 2. The molecule has 1 aromatic heterocycles. The Hall–Kier alpha value is -0.764. The number of nitrogens with zero attached hydrogens (tertiary/aromatic N) is 1. The number of aromatic amines is 2. The quantitative estimate of drug-likeness (QED) is 0.575. The van der Waals surface area contributed by atoms with E-state index in [0.29, 0.717) is 15.5 Å². The largest absolute Gasteiger partial charge is 2.00 e. The summed E-state index contributed by atoms with van der Waals surface area (Å²) in [6, 6.07) is 9.66. The number of anilines is 2. The number of hydrogen-bond acceptors (Lipinski definition) is 4. The van der Waals surface area contributed by atoms with Gasteiger partial charge in [-0.05, 0) is 36.6 Å². The molecule has 80 valence electrons. The molecule has 16 heavy (non-hydrogen) atoms. The van der Waals surface area contributed by atoms with E-state index in [1.54, 1.807) is 0 Å². The zero-order chi connectivity index (χ0) is 10.7. The van der Waals surface area contributed by atoms with Gasteiger partial charge in [0, 0.05) is 5.69 Å². The molecule has 3 N–H and O–H groups in total. The van der Waals surface area contributed by atoms with Crippen LogP contribution in [0.15, 0.2) is 30.3 Å². The minimum Gasteiger partial charge on any atom is -1.00 e. The number of para-hydroxylation sites is 1. The third kappa shape index (κ3) is 3.67. The van der Waals surface area contributed by atoms with Crippen LogP contribution < -0.4 is 5.32 Å². The van der Waals surface area contributed by atoms with E-state index in [4.69, 9.17) is 24.4 Å². The van der Waals surface area contributed by atoms with E-state index >= 15 is 0 Å². The van der Waals surface area contributed by atoms with Gasteiger partial charge in [0.1, 0.15) is 0 Å². The third-order valence-corrected chi connectivity index (χ3v) is 2.10. The fourth-order valence-electron chi connectivity index (χ4n) is 1.11. The van der Waals surface area contributed by atoms with Gasteiger partial charge in [-0.1, -0.05) is 18.2 Å². The van der Waals surface area contributed by atoms with E-state index in [1.807, 2.05) is 30.3 Å². The molecule has 0 aliphatic carbocycles. The first-order valence-electron chi connectivity index (χ1n) is 4.27. The van der Waals surface area contributed by atoms with Crippen LogP contribution in [0.5, 0.6) is 0 Å². The molecular formula is C9H10MgN4S2. The fourth-order valence-corrected chi connectivity index (χ4v) is 1.56. The van der Waals surface area contributed by atoms with Crippen molar-refractivity contribution >= 4 is 59.1 Å². The standard InChI is InChI=1S/C9H8N4S2.Mg.2H/c14-8-11-7(12-9(15)13-8)10-6-4-2-1-3-5-6;;;/h1-5H,(H3,10,11,12,13,14,15);;;/q;+2;2*-1. The van der Waals surface area contributed by atoms with Gasteiger partial charge in [-0.15, -0.1) is 0 Å². The Kier molecular flexibility index (Phi) is 5.06. The maximum absolute atomic E-state index is 4.95. The second-order valence-corrected chi connectivity index (χ2v) is 3.63. The summed E-state index contributed by atoms with van der Waals surface area (Å²) in [4.78, 5) is 9.64. The van der Waals surface area contributed by atoms with E-state index in [2.05, 4.69) is 20.3 Å². The van der Waals surface area contributed by atoms with Crippen molar-refractivity contribution in [1.29, 1.82) is 0 Å². The predicted octanol–water partition coefficient (Wildman–Crippen LogP) is 2.78. The minimum atomic E-state index is 0. The van der Waals surface area contributed by atoms with Crippen LogP contribution in [0.4, 0.5) is 11.6 Å². The average molecular weight is 263 g/mol. The SMILES string of the molecule is S=c1nc(Nc2ccccc2)[nH]c(=S)[nH]1.[H-].[H-].[Mg+2]. The number of nitrogens with one attached hydrogen (secondary N) is 3. The van der Waals surface area contributed by atoms with Crippen molar-refractivity contribution in [1.82, 2.24) is 15.0 Å². The van der Waals surface area contributed by atoms with Crippen LogP contribution in [0.2, 0.25) is 0 Å². The molecule has 4 nitrogen and oxygen atoms in total. The molecule has 0 atom stereocenters. The summed E-state index contributed by atoms with van der Waals surface area (Å²) in [5, 5.41) is 3.07. The van der Waals surface area contributed by atoms with Crippen molar-refractivity contribution in [3.8, 4) is 0 Å². The molecule has 0 saturated heterocycles. The molecule has 0 aliphatic rings. The normalized spacial score (nSPS) is 9.25. The molecule has 1 aromatic carbocycles. The fraction of sp³-hybridized carbons (Fsp3) is 0. The van der Waals surface area contributed by atoms with Crippen molar-refractivity contribution in [2.75, 3.05) is 5.32 Å². The number of benzene rings is 1. The van der Waals surface area contributed by atoms with Crippen molar-refractivity contribution in [2.24, 2.45) is 0 Å². The Bertz CT molecular complexity index is 544. The molecule has 2 rings (SSSR count). The van der Waals surface area contributed by atoms with Crippen LogP contribution in [-0.4, -0.2) is 38.0 Å². The number of rotatable bonds is 2. The van der Waals surface area contributed by atoms with Gasteiger partial charge in [-0.25, -0.2) is 0 Å². The first-order chi connectivity index (χ1) is 7.24. The monoisotopic (exact) mass is 262 g/mol. The van der Waals surface area contributed by atoms with Gasteiger partial charge in [0.25, 0.3) is 0 Å². The van der Waals surface area contributed by atoms with Crippen molar-refractivity contribution in [3.63, 3.8) is 0 Å². The molecule has 0 bridgehead atoms. The van der Waals surface area contributed by atoms with Crippen LogP contribution in [0.3, 0.4) is 0 Å². The third-order valence-electron chi connectivity index (χ3n) is 1.70. The molecule has 1 heterocycles. The van der Waals surface area contributed by atoms with Gasteiger partial charge in [0.05, 0.1) is 0 Å². The van der Waals surface area contributed by atoms with E-state index in [0.717, 1.165) is 5.69 Å². The topological polar surface area (TPSA) is 56.5 Å². The summed E-state index contributed by atoms with van der Waals surface area (Å²) in [5.74, 6) is 0.537. The minimum absolute atomic E-state index is 0. The second kappa shape index (κ2) is 6.09. The Balaban J connectivity index is 0. The predicted molar refractivity (Wildman–Crippen MR) is 72.3 cm³/mol. The van der Waals surface area contributed by atoms with Crippen molar-refractivity contribution < 1.29 is 2.85 Å². The zero-order valence-corrected chi connectivity index (χ0v) is 11.4. The van der Waals surface area contributed by atoms with Crippen LogP contribution in [0.25, 0.3) is 0 Å². The molecule has 7 heteroatoms. The van der Waals surface area contributed by atoms with Gasteiger partial charge >= 0.3 is 23.1 Å². The molecule has 0 radical (unpaired) electrons. The van der Waals surface area contributed by atoms with Crippen LogP contribution in [0, 0.1) is 9.54 Å². The number of hydrogen-bond donors (Lipinski definition) is 3. The van der Waals surface area contributed by atoms with Crippen molar-refractivity contribution in [2.45, 2.75) is 0 Å². The van der Waals surface area contributed by atoms with Crippen LogP contribution >= 0.6 is 24.4 Å². The Labute approximate surface area is 122 Å². The molecule has 0 fully saturated rings. The molecule has 2 aromatic rings. The van der Waals surface area contributed by atoms with Gasteiger partial charge in [0.15, 0.2) is 4.77 Å². The van der Waals surface area contributed by atoms with Gasteiger partial charge in [0.2, 0.25) is 10.7 Å². The van der Waals surface area contributed by atoms with E-state index in [1.165, 1.54) is 0 Å². The van der Waals surface area contributed by atoms with Gasteiger partial charge in [-0.2, -0.15) is 4.98 Å². The number of aromatic nitrogens is 3. The molecule has 0 spiro atoms. The van der Waals surface area contributed by atoms with E-state index < -0.39 is 0 Å². The molecular weight excluding hydrogens is 253 g/mol. The Morgan fingerprint density at radius 3 is 2.44 bits per heavy atom. The molecule has 0 amide bonds. The van der Waals surface area contributed by atoms with Crippen molar-refractivity contribution in [3.05, 3.63) is 39.9 Å². The van der Waals surface area contributed by atoms with Crippen LogP contribution in [0.1, 0.15) is 2.85 Å². The Morgan fingerprint density at radius 2 is 1.81 bits per heavy atom. The maximum Gasteiger partial charge on any atom is 2.00 e. The van der Waals surface area contributed by atoms with E-state index in [-0.39, 0.29) is 25.9 Å². The molecule has 0 unspecified atom stereocenters. The summed E-state index contributed by atoms with van der Waals surface area (Å²) < 4.78 is 0.811. The van der Waals surface area contributed by atoms with E-state index in [9.17, 15) is 0 Å². The smallest absolute Gasteiger partial charge is 1.00 e. The molecule has 0 saturated carbocycles. The summed E-state index contributed by atoms with van der Waals surface area (Å²) in [5.41, 5.74) is 0.927. The van der Waals surface area contributed by atoms with Gasteiger partial charge < -0.3 is 18.1 Å². The first-order valence-corrected chi connectivity index (χ1v) is 5.08.